The number of aryl methyl sites for hydroxylation is 1. The number of benzene rings is 1. The summed E-state index contributed by atoms with van der Waals surface area (Å²) in [6.45, 7) is 0. The van der Waals surface area contributed by atoms with Gasteiger partial charge in [0.05, 0.1) is 0 Å². The maximum atomic E-state index is 9.10. The second-order valence-corrected chi connectivity index (χ2v) is 16.5. The number of phenolic OH excluding ortho intramolecular Hbond substituents is 1. The van der Waals surface area contributed by atoms with Gasteiger partial charge >= 0.3 is 82.9 Å². The molecule has 0 aliphatic carbocycles. The Balaban J connectivity index is 2.51. The van der Waals surface area contributed by atoms with E-state index in [-0.39, 0.29) is 0 Å². The van der Waals surface area contributed by atoms with Crippen molar-refractivity contribution in [2.24, 2.45) is 0 Å². The minimum atomic E-state index is -1.37. The predicted octanol–water partition coefficient (Wildman–Crippen LogP) is 3.27. The van der Waals surface area contributed by atoms with Gasteiger partial charge in [-0.25, -0.2) is 0 Å². The van der Waals surface area contributed by atoms with Crippen LogP contribution in [0.25, 0.3) is 0 Å². The second-order valence-electron chi connectivity index (χ2n) is 4.73. The molecule has 1 rings (SSSR count). The van der Waals surface area contributed by atoms with E-state index >= 15 is 0 Å². The van der Waals surface area contributed by atoms with E-state index < -0.39 is 13.3 Å². The number of hydrogen-bond donors (Lipinski definition) is 1. The molecule has 0 heterocycles. The molecule has 1 nitrogen and oxygen atoms in total. The number of hydrogen-bond acceptors (Lipinski definition) is 1. The molecule has 0 atom stereocenters. The van der Waals surface area contributed by atoms with Crippen LogP contribution in [0.1, 0.15) is 5.56 Å². The van der Waals surface area contributed by atoms with Gasteiger partial charge < -0.3 is 0 Å². The summed E-state index contributed by atoms with van der Waals surface area (Å²) in [5.41, 5.74) is 1.35. The average molecular weight is 239 g/mol. The van der Waals surface area contributed by atoms with E-state index in [1.807, 2.05) is 12.1 Å². The van der Waals surface area contributed by atoms with Gasteiger partial charge in [0.1, 0.15) is 0 Å². The molecule has 0 aliphatic heterocycles. The van der Waals surface area contributed by atoms with Gasteiger partial charge in [-0.3, -0.25) is 0 Å². The van der Waals surface area contributed by atoms with Gasteiger partial charge in [0.2, 0.25) is 0 Å². The Morgan fingerprint density at radius 2 is 1.62 bits per heavy atom. The number of phenols is 1. The third-order valence-corrected chi connectivity index (χ3v) is 5.77. The van der Waals surface area contributed by atoms with Crippen molar-refractivity contribution in [1.82, 2.24) is 0 Å². The molecular weight excluding hydrogens is 221 g/mol. The van der Waals surface area contributed by atoms with E-state index in [0.29, 0.717) is 5.75 Å². The number of aromatic hydroxyl groups is 1. The van der Waals surface area contributed by atoms with Crippen LogP contribution >= 0.6 is 0 Å². The monoisotopic (exact) mass is 240 g/mol. The fraction of sp³-hybridized carbons (Fsp3) is 0.455. The van der Waals surface area contributed by atoms with Gasteiger partial charge in [-0.05, 0) is 0 Å². The first-order valence-electron chi connectivity index (χ1n) is 4.75. The van der Waals surface area contributed by atoms with Crippen molar-refractivity contribution in [1.29, 1.82) is 0 Å². The third-order valence-electron chi connectivity index (χ3n) is 2.10. The van der Waals surface area contributed by atoms with Crippen molar-refractivity contribution < 1.29 is 5.11 Å². The summed E-state index contributed by atoms with van der Waals surface area (Å²) in [5.74, 6) is 7.65. The molecule has 0 aliphatic rings. The topological polar surface area (TPSA) is 20.2 Å². The molecule has 0 bridgehead atoms. The minimum absolute atomic E-state index is 0.362. The van der Waals surface area contributed by atoms with E-state index in [2.05, 4.69) is 17.3 Å². The van der Waals surface area contributed by atoms with Gasteiger partial charge in [0.25, 0.3) is 0 Å². The molecule has 0 spiro atoms. The second kappa shape index (κ2) is 4.18. The van der Waals surface area contributed by atoms with E-state index in [1.165, 1.54) is 17.2 Å². The fourth-order valence-corrected chi connectivity index (χ4v) is 3.36. The van der Waals surface area contributed by atoms with E-state index in [9.17, 15) is 0 Å². The SMILES string of the molecule is [CH3][Ge]([CH3])([CH3])[CH2]Cc1ccc(O)cc1. The number of rotatable bonds is 3. The van der Waals surface area contributed by atoms with Gasteiger partial charge in [-0.2, -0.15) is 0 Å². The van der Waals surface area contributed by atoms with Gasteiger partial charge in [0.15, 0.2) is 0 Å². The Morgan fingerprint density at radius 1 is 1.08 bits per heavy atom. The average Bonchev–Trinajstić information content (AvgIpc) is 2.02. The summed E-state index contributed by atoms with van der Waals surface area (Å²) in [7, 11) is 0. The Morgan fingerprint density at radius 3 is 2.08 bits per heavy atom. The summed E-state index contributed by atoms with van der Waals surface area (Å²) < 4.78 is 0. The van der Waals surface area contributed by atoms with E-state index in [4.69, 9.17) is 5.11 Å². The summed E-state index contributed by atoms with van der Waals surface area (Å²) in [5, 5.41) is 10.5. The third kappa shape index (κ3) is 4.37. The molecule has 0 unspecified atom stereocenters. The Labute approximate surface area is 83.2 Å². The van der Waals surface area contributed by atoms with Crippen LogP contribution < -0.4 is 0 Å². The van der Waals surface area contributed by atoms with Gasteiger partial charge in [-0.15, -0.1) is 0 Å². The first-order valence-corrected chi connectivity index (χ1v) is 12.5. The van der Waals surface area contributed by atoms with Crippen LogP contribution in [0.2, 0.25) is 22.5 Å². The zero-order chi connectivity index (χ0) is 9.90. The normalized spacial score (nSPS) is 11.6. The van der Waals surface area contributed by atoms with Crippen LogP contribution in [0.3, 0.4) is 0 Å². The van der Waals surface area contributed by atoms with E-state index in [0.717, 1.165) is 0 Å². The predicted molar refractivity (Wildman–Crippen MR) is 60.0 cm³/mol. The van der Waals surface area contributed by atoms with Crippen LogP contribution in [0.4, 0.5) is 0 Å². The molecule has 1 N–H and O–H groups in total. The van der Waals surface area contributed by atoms with Crippen LogP contribution in [-0.2, 0) is 6.42 Å². The van der Waals surface area contributed by atoms with Crippen molar-refractivity contribution >= 4 is 13.3 Å². The molecule has 0 saturated heterocycles. The van der Waals surface area contributed by atoms with Crippen molar-refractivity contribution in [2.75, 3.05) is 0 Å². The molecular formula is C11H18GeO. The van der Waals surface area contributed by atoms with Crippen molar-refractivity contribution in [3.63, 3.8) is 0 Å². The summed E-state index contributed by atoms with van der Waals surface area (Å²) >= 11 is -1.37. The van der Waals surface area contributed by atoms with Crippen LogP contribution in [-0.4, -0.2) is 18.4 Å². The molecule has 0 aromatic heterocycles. The molecule has 13 heavy (non-hydrogen) atoms. The van der Waals surface area contributed by atoms with Crippen molar-refractivity contribution in [3.8, 4) is 5.75 Å². The standard InChI is InChI=1S/C11H18GeO/c1-12(2,3)9-8-10-4-6-11(13)7-5-10/h4-7,13H,8-9H2,1-3H3. The Bertz CT molecular complexity index is 258. The molecule has 1 aromatic rings. The molecule has 0 amide bonds. The molecule has 2 heteroatoms. The van der Waals surface area contributed by atoms with Crippen molar-refractivity contribution in [3.05, 3.63) is 29.8 Å². The van der Waals surface area contributed by atoms with Crippen molar-refractivity contribution in [2.45, 2.75) is 28.9 Å². The molecule has 0 fully saturated rings. The first kappa shape index (κ1) is 10.6. The van der Waals surface area contributed by atoms with Crippen LogP contribution in [0.5, 0.6) is 5.75 Å². The Hall–Kier alpha value is -0.437. The fourth-order valence-electron chi connectivity index (χ4n) is 1.18. The quantitative estimate of drug-likeness (QED) is 0.802. The first-order chi connectivity index (χ1) is 5.97. The Kier molecular flexibility index (Phi) is 3.42. The zero-order valence-electron chi connectivity index (χ0n) is 8.67. The molecule has 0 saturated carbocycles. The molecule has 72 valence electrons. The summed E-state index contributed by atoms with van der Waals surface area (Å²) in [6.07, 6.45) is 1.17. The molecule has 0 radical (unpaired) electrons. The molecule has 1 aromatic carbocycles. The van der Waals surface area contributed by atoms with Crippen LogP contribution in [0, 0.1) is 0 Å². The van der Waals surface area contributed by atoms with Crippen LogP contribution in [0.15, 0.2) is 24.3 Å². The zero-order valence-corrected chi connectivity index (χ0v) is 10.8. The maximum absolute atomic E-state index is 9.10. The summed E-state index contributed by atoms with van der Waals surface area (Å²) in [6, 6.07) is 7.57. The van der Waals surface area contributed by atoms with Gasteiger partial charge in [-0.1, -0.05) is 0 Å². The summed E-state index contributed by atoms with van der Waals surface area (Å²) in [4.78, 5) is 0. The van der Waals surface area contributed by atoms with E-state index in [1.54, 1.807) is 12.1 Å². The van der Waals surface area contributed by atoms with Gasteiger partial charge in [0, 0.05) is 0 Å².